The van der Waals surface area contributed by atoms with Crippen molar-refractivity contribution in [2.24, 2.45) is 5.92 Å². The Morgan fingerprint density at radius 3 is 2.58 bits per heavy atom. The summed E-state index contributed by atoms with van der Waals surface area (Å²) in [5, 5.41) is 1.89. The molecule has 0 saturated carbocycles. The van der Waals surface area contributed by atoms with Crippen molar-refractivity contribution in [1.82, 2.24) is 9.88 Å². The van der Waals surface area contributed by atoms with Gasteiger partial charge in [0.2, 0.25) is 0 Å². The maximum atomic E-state index is 12.5. The van der Waals surface area contributed by atoms with Gasteiger partial charge in [-0.05, 0) is 60.0 Å². The summed E-state index contributed by atoms with van der Waals surface area (Å²) in [4.78, 5) is 18.3. The minimum absolute atomic E-state index is 0.0163. The standard InChI is InChI=1S/C23H24N2O/c1-15-9-11-25(12-10-15)14-16-5-4-8-18-20(16)13-21-17-6-2-3-7-19(17)23(26)24-22(18)21/h2-8,15H,9-14H2,1H3,(H,24,26). The quantitative estimate of drug-likeness (QED) is 0.587. The number of H-pyrrole nitrogens is 1. The van der Waals surface area contributed by atoms with E-state index >= 15 is 0 Å². The predicted molar refractivity (Wildman–Crippen MR) is 106 cm³/mol. The monoisotopic (exact) mass is 344 g/mol. The maximum absolute atomic E-state index is 12.5. The number of fused-ring (bicyclic) bond motifs is 5. The summed E-state index contributed by atoms with van der Waals surface area (Å²) in [7, 11) is 0. The molecule has 0 radical (unpaired) electrons. The molecule has 0 atom stereocenters. The first-order valence-electron chi connectivity index (χ1n) is 9.68. The van der Waals surface area contributed by atoms with E-state index < -0.39 is 0 Å². The normalized spacial score (nSPS) is 17.4. The summed E-state index contributed by atoms with van der Waals surface area (Å²) < 4.78 is 0. The number of hydrogen-bond acceptors (Lipinski definition) is 2. The summed E-state index contributed by atoms with van der Waals surface area (Å²) in [6, 6.07) is 14.5. The number of rotatable bonds is 2. The molecular formula is C23H24N2O. The lowest BCUT2D eigenvalue weighted by Crippen LogP contribution is -2.32. The van der Waals surface area contributed by atoms with Crippen molar-refractivity contribution in [1.29, 1.82) is 0 Å². The minimum atomic E-state index is 0.0163. The van der Waals surface area contributed by atoms with E-state index in [1.165, 1.54) is 48.2 Å². The molecule has 1 aromatic heterocycles. The lowest BCUT2D eigenvalue weighted by Gasteiger charge is -2.30. The van der Waals surface area contributed by atoms with E-state index in [-0.39, 0.29) is 5.56 Å². The first-order chi connectivity index (χ1) is 12.7. The van der Waals surface area contributed by atoms with Gasteiger partial charge >= 0.3 is 0 Å². The summed E-state index contributed by atoms with van der Waals surface area (Å²) in [6.07, 6.45) is 3.52. The highest BCUT2D eigenvalue weighted by molar-refractivity contribution is 5.93. The second-order valence-electron chi connectivity index (χ2n) is 7.93. The first kappa shape index (κ1) is 15.8. The molecule has 2 aromatic carbocycles. The zero-order valence-corrected chi connectivity index (χ0v) is 15.2. The van der Waals surface area contributed by atoms with Gasteiger partial charge in [-0.25, -0.2) is 0 Å². The Bertz CT molecular complexity index is 1040. The highest BCUT2D eigenvalue weighted by atomic mass is 16.1. The molecule has 3 aromatic rings. The van der Waals surface area contributed by atoms with Crippen molar-refractivity contribution in [3.63, 3.8) is 0 Å². The van der Waals surface area contributed by atoms with Crippen molar-refractivity contribution in [2.75, 3.05) is 13.1 Å². The second kappa shape index (κ2) is 6.10. The molecule has 0 unspecified atom stereocenters. The highest BCUT2D eigenvalue weighted by Gasteiger charge is 2.25. The van der Waals surface area contributed by atoms with E-state index in [2.05, 4.69) is 41.1 Å². The molecule has 1 saturated heterocycles. The molecule has 0 amide bonds. The fourth-order valence-electron chi connectivity index (χ4n) is 4.61. The van der Waals surface area contributed by atoms with Gasteiger partial charge in [0.1, 0.15) is 0 Å². The van der Waals surface area contributed by atoms with Gasteiger partial charge < -0.3 is 4.98 Å². The van der Waals surface area contributed by atoms with Gasteiger partial charge in [-0.1, -0.05) is 43.3 Å². The molecule has 26 heavy (non-hydrogen) atoms. The molecule has 3 heteroatoms. The van der Waals surface area contributed by atoms with Crippen LogP contribution in [0.3, 0.4) is 0 Å². The van der Waals surface area contributed by atoms with Crippen LogP contribution in [0.25, 0.3) is 22.0 Å². The SMILES string of the molecule is CC1CCN(Cc2cccc3c2Cc2c-3[nH]c(=O)c3ccccc23)CC1. The highest BCUT2D eigenvalue weighted by Crippen LogP contribution is 2.39. The molecule has 0 bridgehead atoms. The first-order valence-corrected chi connectivity index (χ1v) is 9.68. The van der Waals surface area contributed by atoms with E-state index in [0.717, 1.165) is 35.3 Å². The summed E-state index contributed by atoms with van der Waals surface area (Å²) in [6.45, 7) is 5.76. The third kappa shape index (κ3) is 2.50. The van der Waals surface area contributed by atoms with Crippen LogP contribution in [0.5, 0.6) is 0 Å². The Morgan fingerprint density at radius 2 is 1.77 bits per heavy atom. The fourth-order valence-corrected chi connectivity index (χ4v) is 4.61. The van der Waals surface area contributed by atoms with Gasteiger partial charge in [0.25, 0.3) is 5.56 Å². The summed E-state index contributed by atoms with van der Waals surface area (Å²) >= 11 is 0. The average Bonchev–Trinajstić information content (AvgIpc) is 3.04. The zero-order chi connectivity index (χ0) is 17.7. The van der Waals surface area contributed by atoms with Crippen molar-refractivity contribution in [2.45, 2.75) is 32.7 Å². The largest absolute Gasteiger partial charge is 0.321 e. The Labute approximate surface area is 153 Å². The Balaban J connectivity index is 1.56. The van der Waals surface area contributed by atoms with Crippen LogP contribution in [0, 0.1) is 5.92 Å². The molecule has 1 N–H and O–H groups in total. The van der Waals surface area contributed by atoms with E-state index in [0.29, 0.717) is 0 Å². The van der Waals surface area contributed by atoms with E-state index in [9.17, 15) is 4.79 Å². The molecule has 3 nitrogen and oxygen atoms in total. The van der Waals surface area contributed by atoms with E-state index in [4.69, 9.17) is 0 Å². The smallest absolute Gasteiger partial charge is 0.256 e. The lowest BCUT2D eigenvalue weighted by atomic mass is 9.97. The number of nitrogens with one attached hydrogen (secondary N) is 1. The van der Waals surface area contributed by atoms with Gasteiger partial charge in [0.15, 0.2) is 0 Å². The van der Waals surface area contributed by atoms with Crippen molar-refractivity contribution in [3.05, 3.63) is 69.5 Å². The Kier molecular flexibility index (Phi) is 3.71. The van der Waals surface area contributed by atoms with E-state index in [1.807, 2.05) is 18.2 Å². The minimum Gasteiger partial charge on any atom is -0.321 e. The van der Waals surface area contributed by atoms with Crippen molar-refractivity contribution < 1.29 is 0 Å². The lowest BCUT2D eigenvalue weighted by molar-refractivity contribution is 0.185. The molecule has 1 aliphatic heterocycles. The maximum Gasteiger partial charge on any atom is 0.256 e. The van der Waals surface area contributed by atoms with Crippen LogP contribution in [0.4, 0.5) is 0 Å². The molecule has 2 heterocycles. The molecule has 0 spiro atoms. The van der Waals surface area contributed by atoms with Crippen LogP contribution >= 0.6 is 0 Å². The summed E-state index contributed by atoms with van der Waals surface area (Å²) in [5.74, 6) is 0.855. The topological polar surface area (TPSA) is 36.1 Å². The number of likely N-dealkylation sites (tertiary alicyclic amines) is 1. The van der Waals surface area contributed by atoms with Gasteiger partial charge in [-0.2, -0.15) is 0 Å². The van der Waals surface area contributed by atoms with Crippen LogP contribution in [0.1, 0.15) is 36.5 Å². The summed E-state index contributed by atoms with van der Waals surface area (Å²) in [5.41, 5.74) is 6.34. The predicted octanol–water partition coefficient (Wildman–Crippen LogP) is 4.33. The van der Waals surface area contributed by atoms with Crippen molar-refractivity contribution in [3.8, 4) is 11.3 Å². The van der Waals surface area contributed by atoms with Crippen LogP contribution in [-0.2, 0) is 13.0 Å². The van der Waals surface area contributed by atoms with Crippen LogP contribution in [0.2, 0.25) is 0 Å². The molecule has 2 aliphatic rings. The molecule has 1 aliphatic carbocycles. The number of pyridine rings is 1. The average molecular weight is 344 g/mol. The van der Waals surface area contributed by atoms with Crippen LogP contribution in [-0.4, -0.2) is 23.0 Å². The van der Waals surface area contributed by atoms with Gasteiger partial charge in [0.05, 0.1) is 5.69 Å². The molecular weight excluding hydrogens is 320 g/mol. The Hall–Kier alpha value is -2.39. The third-order valence-corrected chi connectivity index (χ3v) is 6.20. The van der Waals surface area contributed by atoms with Gasteiger partial charge in [-0.3, -0.25) is 9.69 Å². The number of nitrogens with zero attached hydrogens (tertiary/aromatic N) is 1. The molecule has 5 rings (SSSR count). The molecule has 1 fully saturated rings. The fraction of sp³-hybridized carbons (Fsp3) is 0.348. The second-order valence-corrected chi connectivity index (χ2v) is 7.93. The van der Waals surface area contributed by atoms with Gasteiger partial charge in [0, 0.05) is 23.9 Å². The van der Waals surface area contributed by atoms with Crippen LogP contribution < -0.4 is 5.56 Å². The third-order valence-electron chi connectivity index (χ3n) is 6.20. The van der Waals surface area contributed by atoms with Crippen molar-refractivity contribution >= 4 is 10.8 Å². The number of piperidine rings is 1. The molecule has 132 valence electrons. The van der Waals surface area contributed by atoms with Crippen LogP contribution in [0.15, 0.2) is 47.3 Å². The Morgan fingerprint density at radius 1 is 1.00 bits per heavy atom. The number of benzene rings is 2. The number of aromatic nitrogens is 1. The zero-order valence-electron chi connectivity index (χ0n) is 15.2. The van der Waals surface area contributed by atoms with Gasteiger partial charge in [-0.15, -0.1) is 0 Å². The number of hydrogen-bond donors (Lipinski definition) is 1. The number of aromatic amines is 1. The van der Waals surface area contributed by atoms with E-state index in [1.54, 1.807) is 0 Å².